The number of pyridine rings is 1. The number of ether oxygens (including phenoxy) is 1. The summed E-state index contributed by atoms with van der Waals surface area (Å²) >= 11 is 0. The Kier molecular flexibility index (Phi) is 8.13. The zero-order valence-electron chi connectivity index (χ0n) is 18.2. The second kappa shape index (κ2) is 11.7. The number of likely N-dealkylation sites (tertiary alicyclic amines) is 1. The highest BCUT2D eigenvalue weighted by Crippen LogP contribution is 2.17. The van der Waals surface area contributed by atoms with Crippen molar-refractivity contribution < 1.29 is 14.4 Å². The summed E-state index contributed by atoms with van der Waals surface area (Å²) < 4.78 is 5.41. The molecule has 0 radical (unpaired) electrons. The van der Waals surface area contributed by atoms with Crippen LogP contribution in [0.5, 0.6) is 0 Å². The zero-order chi connectivity index (χ0) is 22.0. The second-order valence-corrected chi connectivity index (χ2v) is 8.11. The van der Waals surface area contributed by atoms with E-state index in [1.54, 1.807) is 18.5 Å². The van der Waals surface area contributed by atoms with Gasteiger partial charge >= 0.3 is 0 Å². The topological polar surface area (TPSA) is 102 Å². The van der Waals surface area contributed by atoms with Gasteiger partial charge in [0.25, 0.3) is 5.91 Å². The van der Waals surface area contributed by atoms with Gasteiger partial charge in [0.1, 0.15) is 5.82 Å². The summed E-state index contributed by atoms with van der Waals surface area (Å²) in [6.45, 7) is 3.63. The van der Waals surface area contributed by atoms with Crippen molar-refractivity contribution in [3.63, 3.8) is 0 Å². The van der Waals surface area contributed by atoms with E-state index in [0.29, 0.717) is 18.3 Å². The summed E-state index contributed by atoms with van der Waals surface area (Å²) in [5.74, 6) is 0.375. The molecule has 0 saturated carbocycles. The number of carbonyl (C=O) groups excluding carboxylic acids is 1. The molecule has 1 amide bonds. The molecule has 0 spiro atoms. The maximum absolute atomic E-state index is 11.9. The predicted molar refractivity (Wildman–Crippen MR) is 120 cm³/mol. The Morgan fingerprint density at radius 1 is 1.19 bits per heavy atom. The predicted octanol–water partition coefficient (Wildman–Crippen LogP) is 2.54. The van der Waals surface area contributed by atoms with Gasteiger partial charge in [0, 0.05) is 50.6 Å². The monoisotopic (exact) mass is 438 g/mol. The highest BCUT2D eigenvalue weighted by molar-refractivity contribution is 5.90. The summed E-state index contributed by atoms with van der Waals surface area (Å²) in [5.41, 5.74) is 4.27. The van der Waals surface area contributed by atoms with E-state index in [0.717, 1.165) is 57.6 Å². The van der Waals surface area contributed by atoms with E-state index in [4.69, 9.17) is 9.57 Å². The molecule has 9 nitrogen and oxygen atoms in total. The molecule has 0 aliphatic carbocycles. The number of aromatic nitrogens is 3. The molecule has 9 heteroatoms. The normalized spacial score (nSPS) is 22.0. The van der Waals surface area contributed by atoms with Crippen molar-refractivity contribution in [2.75, 3.05) is 25.0 Å². The number of piperidine rings is 1. The lowest BCUT2D eigenvalue weighted by Gasteiger charge is -2.33. The summed E-state index contributed by atoms with van der Waals surface area (Å²) in [4.78, 5) is 32.5. The smallest absolute Gasteiger partial charge is 0.267 e. The Hall–Kier alpha value is -2.88. The Morgan fingerprint density at radius 3 is 2.88 bits per heavy atom. The fourth-order valence-corrected chi connectivity index (χ4v) is 3.89. The lowest BCUT2D eigenvalue weighted by molar-refractivity contribution is -0.198. The molecular formula is C23H30N6O3. The van der Waals surface area contributed by atoms with Gasteiger partial charge in [-0.3, -0.25) is 19.7 Å². The first-order chi connectivity index (χ1) is 15.7. The second-order valence-electron chi connectivity index (χ2n) is 8.11. The van der Waals surface area contributed by atoms with Crippen molar-refractivity contribution in [2.45, 2.75) is 51.0 Å². The third-order valence-corrected chi connectivity index (χ3v) is 5.52. The molecule has 2 aliphatic rings. The number of rotatable bonds is 8. The minimum absolute atomic E-state index is 0.325. The van der Waals surface area contributed by atoms with Gasteiger partial charge in [0.15, 0.2) is 6.29 Å². The van der Waals surface area contributed by atoms with E-state index in [-0.39, 0.29) is 12.2 Å². The lowest BCUT2D eigenvalue weighted by Crippen LogP contribution is -2.41. The zero-order valence-corrected chi connectivity index (χ0v) is 18.2. The number of carbonyl (C=O) groups is 1. The van der Waals surface area contributed by atoms with Gasteiger partial charge in [0.05, 0.1) is 18.1 Å². The van der Waals surface area contributed by atoms with E-state index < -0.39 is 0 Å². The first-order valence-corrected chi connectivity index (χ1v) is 11.2. The quantitative estimate of drug-likeness (QED) is 0.479. The average Bonchev–Trinajstić information content (AvgIpc) is 2.84. The van der Waals surface area contributed by atoms with Crippen LogP contribution in [0.25, 0.3) is 6.08 Å². The lowest BCUT2D eigenvalue weighted by atomic mass is 10.0. The molecule has 4 rings (SSSR count). The van der Waals surface area contributed by atoms with Crippen molar-refractivity contribution in [3.8, 4) is 0 Å². The molecule has 2 aliphatic heterocycles. The van der Waals surface area contributed by atoms with E-state index in [2.05, 4.69) is 42.8 Å². The minimum atomic E-state index is -0.369. The summed E-state index contributed by atoms with van der Waals surface area (Å²) in [5, 5.41) is 3.48. The number of hydroxylamine groups is 1. The van der Waals surface area contributed by atoms with Crippen LogP contribution in [-0.2, 0) is 20.9 Å². The number of nitrogens with one attached hydrogen (secondary N) is 2. The molecule has 2 atom stereocenters. The first kappa shape index (κ1) is 22.3. The van der Waals surface area contributed by atoms with Gasteiger partial charge in [0.2, 0.25) is 0 Å². The van der Waals surface area contributed by atoms with E-state index >= 15 is 0 Å². The number of amides is 1. The molecule has 4 heterocycles. The van der Waals surface area contributed by atoms with E-state index in [9.17, 15) is 4.79 Å². The van der Waals surface area contributed by atoms with Crippen LogP contribution in [-0.4, -0.2) is 57.8 Å². The van der Waals surface area contributed by atoms with Crippen molar-refractivity contribution >= 4 is 17.8 Å². The maximum Gasteiger partial charge on any atom is 0.267 e. The average molecular weight is 439 g/mol. The summed E-state index contributed by atoms with van der Waals surface area (Å²) in [7, 11) is 0. The van der Waals surface area contributed by atoms with Crippen LogP contribution in [0.15, 0.2) is 43.0 Å². The Balaban J connectivity index is 1.21. The molecule has 170 valence electrons. The molecule has 2 aromatic rings. The van der Waals surface area contributed by atoms with Gasteiger partial charge in [-0.15, -0.1) is 0 Å². The Bertz CT molecular complexity index is 871. The van der Waals surface area contributed by atoms with Gasteiger partial charge < -0.3 is 10.1 Å². The fourth-order valence-electron chi connectivity index (χ4n) is 3.89. The van der Waals surface area contributed by atoms with Crippen LogP contribution in [0.4, 0.5) is 5.82 Å². The first-order valence-electron chi connectivity index (χ1n) is 11.2. The highest BCUT2D eigenvalue weighted by Gasteiger charge is 2.20. The maximum atomic E-state index is 11.9. The largest absolute Gasteiger partial charge is 0.365 e. The van der Waals surface area contributed by atoms with Crippen LogP contribution in [0.3, 0.4) is 0 Å². The minimum Gasteiger partial charge on any atom is -0.365 e. The van der Waals surface area contributed by atoms with Crippen LogP contribution < -0.4 is 10.8 Å². The number of hydrogen-bond donors (Lipinski definition) is 2. The van der Waals surface area contributed by atoms with Crippen molar-refractivity contribution in [1.29, 1.82) is 0 Å². The molecule has 2 aromatic heterocycles. The summed E-state index contributed by atoms with van der Waals surface area (Å²) in [6.07, 6.45) is 14.7. The molecule has 0 bridgehead atoms. The molecular weight excluding hydrogens is 408 g/mol. The van der Waals surface area contributed by atoms with Crippen LogP contribution in [0.1, 0.15) is 43.4 Å². The third-order valence-electron chi connectivity index (χ3n) is 5.52. The van der Waals surface area contributed by atoms with Gasteiger partial charge in [-0.1, -0.05) is 0 Å². The molecule has 2 fully saturated rings. The van der Waals surface area contributed by atoms with Crippen LogP contribution in [0, 0.1) is 0 Å². The van der Waals surface area contributed by atoms with Gasteiger partial charge in [-0.25, -0.2) is 15.3 Å². The Labute approximate surface area is 188 Å². The molecule has 2 N–H and O–H groups in total. The SMILES string of the molecule is O=C(C=Cc1cnc(N[C@@H]2CCCN(Cc3ccncc3)C2)cn1)NOC1CCCCO1. The van der Waals surface area contributed by atoms with E-state index in [1.807, 2.05) is 12.4 Å². The number of nitrogens with zero attached hydrogens (tertiary/aromatic N) is 4. The molecule has 1 unspecified atom stereocenters. The fraction of sp³-hybridized carbons (Fsp3) is 0.478. The van der Waals surface area contributed by atoms with Crippen LogP contribution >= 0.6 is 0 Å². The van der Waals surface area contributed by atoms with Crippen molar-refractivity contribution in [2.24, 2.45) is 0 Å². The molecule has 32 heavy (non-hydrogen) atoms. The number of anilines is 1. The number of hydrogen-bond acceptors (Lipinski definition) is 8. The summed E-state index contributed by atoms with van der Waals surface area (Å²) in [6, 6.07) is 4.45. The third kappa shape index (κ3) is 7.08. The van der Waals surface area contributed by atoms with Crippen molar-refractivity contribution in [1.82, 2.24) is 25.3 Å². The highest BCUT2D eigenvalue weighted by atomic mass is 16.8. The van der Waals surface area contributed by atoms with Crippen LogP contribution in [0.2, 0.25) is 0 Å². The van der Waals surface area contributed by atoms with Gasteiger partial charge in [-0.05, 0) is 56.0 Å². The Morgan fingerprint density at radius 2 is 2.09 bits per heavy atom. The molecule has 2 saturated heterocycles. The van der Waals surface area contributed by atoms with Crippen molar-refractivity contribution in [3.05, 3.63) is 54.3 Å². The standard InChI is InChI=1S/C23H30N6O3/c30-22(28-32-23-5-1-2-13-31-23)7-6-19-14-26-21(15-25-19)27-20-4-3-12-29(17-20)16-18-8-10-24-11-9-18/h6-11,14-15,20,23H,1-5,12-13,16-17H2,(H,26,27)(H,28,30)/t20-,23?/m1/s1. The van der Waals surface area contributed by atoms with Gasteiger partial charge in [-0.2, -0.15) is 0 Å². The molecule has 0 aromatic carbocycles. The van der Waals surface area contributed by atoms with E-state index in [1.165, 1.54) is 11.6 Å².